The fraction of sp³-hybridized carbons (Fsp3) is 0.600. The van der Waals surface area contributed by atoms with Gasteiger partial charge in [-0.1, -0.05) is 12.1 Å². The van der Waals surface area contributed by atoms with Crippen LogP contribution in [0.15, 0.2) is 24.3 Å². The maximum absolute atomic E-state index is 12.7. The Morgan fingerprint density at radius 2 is 2.05 bits per heavy atom. The first-order chi connectivity index (χ1) is 9.40. The number of hydrogen-bond donors (Lipinski definition) is 1. The fourth-order valence-corrected chi connectivity index (χ4v) is 2.74. The van der Waals surface area contributed by atoms with Gasteiger partial charge in [0.2, 0.25) is 0 Å². The van der Waals surface area contributed by atoms with E-state index in [-0.39, 0.29) is 12.1 Å². The summed E-state index contributed by atoms with van der Waals surface area (Å²) in [6, 6.07) is 5.73. The van der Waals surface area contributed by atoms with Gasteiger partial charge < -0.3 is 10.1 Å². The van der Waals surface area contributed by atoms with Crippen molar-refractivity contribution < 1.29 is 17.9 Å². The van der Waals surface area contributed by atoms with Crippen molar-refractivity contribution in [3.63, 3.8) is 0 Å². The summed E-state index contributed by atoms with van der Waals surface area (Å²) in [7, 11) is 1.70. The molecular formula is C15H20F3NO. The van der Waals surface area contributed by atoms with Crippen LogP contribution in [0.3, 0.4) is 0 Å². The van der Waals surface area contributed by atoms with Gasteiger partial charge in [-0.2, -0.15) is 13.2 Å². The molecule has 1 aliphatic rings. The molecule has 0 bridgehead atoms. The normalized spacial score (nSPS) is 24.9. The number of halogens is 3. The van der Waals surface area contributed by atoms with E-state index >= 15 is 0 Å². The number of nitrogens with one attached hydrogen (secondary N) is 1. The van der Waals surface area contributed by atoms with Crippen molar-refractivity contribution in [1.29, 1.82) is 0 Å². The van der Waals surface area contributed by atoms with Crippen LogP contribution in [0.2, 0.25) is 0 Å². The molecule has 1 aromatic rings. The van der Waals surface area contributed by atoms with Gasteiger partial charge in [0.05, 0.1) is 11.7 Å². The van der Waals surface area contributed by atoms with Crippen LogP contribution in [-0.2, 0) is 10.9 Å². The first-order valence-corrected chi connectivity index (χ1v) is 6.86. The Bertz CT molecular complexity index is 447. The number of hydrogen-bond acceptors (Lipinski definition) is 2. The zero-order chi connectivity index (χ0) is 14.8. The lowest BCUT2D eigenvalue weighted by Crippen LogP contribution is -2.30. The molecule has 3 unspecified atom stereocenters. The molecule has 2 rings (SSSR count). The van der Waals surface area contributed by atoms with E-state index in [0.717, 1.165) is 25.3 Å². The third kappa shape index (κ3) is 3.73. The molecule has 1 saturated carbocycles. The summed E-state index contributed by atoms with van der Waals surface area (Å²) >= 11 is 0. The zero-order valence-corrected chi connectivity index (χ0v) is 11.7. The zero-order valence-electron chi connectivity index (χ0n) is 11.7. The molecule has 2 nitrogen and oxygen atoms in total. The molecule has 1 aromatic carbocycles. The average Bonchev–Trinajstić information content (AvgIpc) is 2.85. The summed E-state index contributed by atoms with van der Waals surface area (Å²) in [6.07, 6.45) is -1.10. The van der Waals surface area contributed by atoms with Crippen molar-refractivity contribution in [3.8, 4) is 0 Å². The summed E-state index contributed by atoms with van der Waals surface area (Å²) in [5.41, 5.74) is 0.0746. The van der Waals surface area contributed by atoms with Gasteiger partial charge in [0, 0.05) is 19.2 Å². The van der Waals surface area contributed by atoms with Gasteiger partial charge in [-0.15, -0.1) is 0 Å². The third-order valence-corrected chi connectivity index (χ3v) is 3.92. The van der Waals surface area contributed by atoms with Crippen LogP contribution in [0.1, 0.15) is 43.4 Å². The van der Waals surface area contributed by atoms with Crippen molar-refractivity contribution in [2.45, 2.75) is 50.6 Å². The van der Waals surface area contributed by atoms with Crippen molar-refractivity contribution in [2.75, 3.05) is 7.11 Å². The van der Waals surface area contributed by atoms with Gasteiger partial charge in [0.15, 0.2) is 0 Å². The standard InChI is InChI=1S/C15H20F3NO/c1-10(19-13-6-7-14(9-13)20-2)11-4-3-5-12(8-11)15(16,17)18/h3-5,8,10,13-14,19H,6-7,9H2,1-2H3. The number of rotatable bonds is 4. The Morgan fingerprint density at radius 1 is 1.30 bits per heavy atom. The van der Waals surface area contributed by atoms with E-state index in [2.05, 4.69) is 5.32 Å². The molecule has 0 heterocycles. The number of alkyl halides is 3. The molecule has 1 aliphatic carbocycles. The van der Waals surface area contributed by atoms with Crippen molar-refractivity contribution >= 4 is 0 Å². The van der Waals surface area contributed by atoms with Crippen molar-refractivity contribution in [1.82, 2.24) is 5.32 Å². The lowest BCUT2D eigenvalue weighted by molar-refractivity contribution is -0.137. The smallest absolute Gasteiger partial charge is 0.381 e. The van der Waals surface area contributed by atoms with Crippen molar-refractivity contribution in [3.05, 3.63) is 35.4 Å². The maximum atomic E-state index is 12.7. The molecule has 1 fully saturated rings. The minimum atomic E-state index is -4.29. The van der Waals surface area contributed by atoms with E-state index < -0.39 is 11.7 Å². The van der Waals surface area contributed by atoms with Crippen LogP contribution < -0.4 is 5.32 Å². The van der Waals surface area contributed by atoms with E-state index in [1.807, 2.05) is 6.92 Å². The van der Waals surface area contributed by atoms with Gasteiger partial charge in [-0.05, 0) is 43.9 Å². The molecule has 0 saturated heterocycles. The summed E-state index contributed by atoms with van der Waals surface area (Å²) in [5, 5.41) is 3.39. The monoisotopic (exact) mass is 287 g/mol. The summed E-state index contributed by atoms with van der Waals surface area (Å²) < 4.78 is 43.4. The minimum Gasteiger partial charge on any atom is -0.381 e. The summed E-state index contributed by atoms with van der Waals surface area (Å²) in [4.78, 5) is 0. The largest absolute Gasteiger partial charge is 0.416 e. The Labute approximate surface area is 117 Å². The molecular weight excluding hydrogens is 267 g/mol. The number of methoxy groups -OCH3 is 1. The van der Waals surface area contributed by atoms with Gasteiger partial charge in [0.25, 0.3) is 0 Å². The second kappa shape index (κ2) is 6.14. The quantitative estimate of drug-likeness (QED) is 0.906. The van der Waals surface area contributed by atoms with Gasteiger partial charge in [-0.3, -0.25) is 0 Å². The lowest BCUT2D eigenvalue weighted by atomic mass is 10.0. The molecule has 0 aliphatic heterocycles. The topological polar surface area (TPSA) is 21.3 Å². The molecule has 1 N–H and O–H groups in total. The third-order valence-electron chi connectivity index (χ3n) is 3.92. The fourth-order valence-electron chi connectivity index (χ4n) is 2.74. The Balaban J connectivity index is 2.01. The molecule has 20 heavy (non-hydrogen) atoms. The van der Waals surface area contributed by atoms with Gasteiger partial charge in [0.1, 0.15) is 0 Å². The predicted octanol–water partition coefficient (Wildman–Crippen LogP) is 3.92. The van der Waals surface area contributed by atoms with E-state index in [9.17, 15) is 13.2 Å². The SMILES string of the molecule is COC1CCC(NC(C)c2cccc(C(F)(F)F)c2)C1. The van der Waals surface area contributed by atoms with Crippen LogP contribution in [0.25, 0.3) is 0 Å². The second-order valence-corrected chi connectivity index (χ2v) is 5.38. The first-order valence-electron chi connectivity index (χ1n) is 6.86. The van der Waals surface area contributed by atoms with Crippen LogP contribution in [0.5, 0.6) is 0 Å². The maximum Gasteiger partial charge on any atom is 0.416 e. The van der Waals surface area contributed by atoms with E-state index in [1.54, 1.807) is 13.2 Å². The van der Waals surface area contributed by atoms with Crippen LogP contribution in [0.4, 0.5) is 13.2 Å². The minimum absolute atomic E-state index is 0.0992. The number of ether oxygens (including phenoxy) is 1. The van der Waals surface area contributed by atoms with E-state index in [1.165, 1.54) is 12.1 Å². The van der Waals surface area contributed by atoms with Crippen molar-refractivity contribution in [2.24, 2.45) is 0 Å². The van der Waals surface area contributed by atoms with Crippen LogP contribution in [0, 0.1) is 0 Å². The van der Waals surface area contributed by atoms with Gasteiger partial charge >= 0.3 is 6.18 Å². The van der Waals surface area contributed by atoms with E-state index in [0.29, 0.717) is 11.6 Å². The second-order valence-electron chi connectivity index (χ2n) is 5.38. The summed E-state index contributed by atoms with van der Waals surface area (Å²) in [6.45, 7) is 1.90. The Kier molecular flexibility index (Phi) is 4.70. The molecule has 3 atom stereocenters. The average molecular weight is 287 g/mol. The highest BCUT2D eigenvalue weighted by atomic mass is 19.4. The van der Waals surface area contributed by atoms with Gasteiger partial charge in [-0.25, -0.2) is 0 Å². The van der Waals surface area contributed by atoms with Crippen LogP contribution >= 0.6 is 0 Å². The lowest BCUT2D eigenvalue weighted by Gasteiger charge is -2.21. The molecule has 0 spiro atoms. The summed E-state index contributed by atoms with van der Waals surface area (Å²) in [5.74, 6) is 0. The molecule has 112 valence electrons. The predicted molar refractivity (Wildman–Crippen MR) is 71.4 cm³/mol. The highest BCUT2D eigenvalue weighted by Crippen LogP contribution is 2.31. The highest BCUT2D eigenvalue weighted by molar-refractivity contribution is 5.27. The molecule has 0 aromatic heterocycles. The van der Waals surface area contributed by atoms with E-state index in [4.69, 9.17) is 4.74 Å². The highest BCUT2D eigenvalue weighted by Gasteiger charge is 2.31. The molecule has 5 heteroatoms. The van der Waals surface area contributed by atoms with Crippen LogP contribution in [-0.4, -0.2) is 19.3 Å². The first kappa shape index (κ1) is 15.3. The Hall–Kier alpha value is -1.07. The number of benzene rings is 1. The Morgan fingerprint density at radius 3 is 2.65 bits per heavy atom. The molecule has 0 amide bonds. The molecule has 0 radical (unpaired) electrons.